The first-order valence-electron chi connectivity index (χ1n) is 6.71. The third kappa shape index (κ3) is 5.35. The zero-order valence-electron chi connectivity index (χ0n) is 12.8. The topological polar surface area (TPSA) is 101 Å². The molecule has 4 N–H and O–H groups in total. The Bertz CT molecular complexity index is 610. The lowest BCUT2D eigenvalue weighted by Gasteiger charge is -2.27. The van der Waals surface area contributed by atoms with Gasteiger partial charge in [0.2, 0.25) is 15.9 Å². The van der Waals surface area contributed by atoms with Crippen molar-refractivity contribution in [2.75, 3.05) is 5.32 Å². The number of carbonyl (C=O) groups is 1. The van der Waals surface area contributed by atoms with Crippen molar-refractivity contribution in [3.8, 4) is 0 Å². The molecule has 0 aliphatic rings. The molecule has 118 valence electrons. The predicted molar refractivity (Wildman–Crippen MR) is 83.4 cm³/mol. The highest BCUT2D eigenvalue weighted by molar-refractivity contribution is 7.89. The summed E-state index contributed by atoms with van der Waals surface area (Å²) >= 11 is 0. The zero-order chi connectivity index (χ0) is 16.3. The first-order valence-corrected chi connectivity index (χ1v) is 8.20. The van der Waals surface area contributed by atoms with Gasteiger partial charge in [-0.05, 0) is 39.8 Å². The van der Waals surface area contributed by atoms with Crippen LogP contribution in [-0.2, 0) is 14.8 Å². The fraction of sp³-hybridized carbons (Fsp3) is 0.500. The maximum absolute atomic E-state index is 12.3. The Labute approximate surface area is 126 Å². The normalized spacial score (nSPS) is 12.4. The number of nitrogens with two attached hydrogens (primary N) is 1. The number of nitrogens with one attached hydrogen (secondary N) is 2. The summed E-state index contributed by atoms with van der Waals surface area (Å²) in [6.07, 6.45) is 0.0962. The van der Waals surface area contributed by atoms with Crippen LogP contribution >= 0.6 is 0 Å². The van der Waals surface area contributed by atoms with Crippen molar-refractivity contribution in [2.45, 2.75) is 50.6 Å². The number of carbonyl (C=O) groups excluding carboxylic acids is 1. The van der Waals surface area contributed by atoms with Crippen LogP contribution in [0.2, 0.25) is 0 Å². The average Bonchev–Trinajstić information content (AvgIpc) is 2.24. The molecule has 1 amide bonds. The molecule has 1 aromatic rings. The van der Waals surface area contributed by atoms with Crippen LogP contribution in [0.15, 0.2) is 29.2 Å². The number of primary amides is 1. The Kier molecular flexibility index (Phi) is 5.36. The molecule has 6 nitrogen and oxygen atoms in total. The first-order chi connectivity index (χ1) is 9.53. The van der Waals surface area contributed by atoms with E-state index in [0.29, 0.717) is 5.69 Å². The second-order valence-corrected chi connectivity index (χ2v) is 7.61. The van der Waals surface area contributed by atoms with Crippen LogP contribution < -0.4 is 15.8 Å². The van der Waals surface area contributed by atoms with Crippen molar-refractivity contribution < 1.29 is 13.2 Å². The standard InChI is InChI=1S/C14H23N3O3S/c1-10(2)17-21(19,20)12-8-6-5-7-11(12)16-14(3,4)9-13(15)18/h5-8,10,16-17H,9H2,1-4H3,(H2,15,18). The molecule has 1 rings (SSSR count). The van der Waals surface area contributed by atoms with Gasteiger partial charge in [0.15, 0.2) is 0 Å². The van der Waals surface area contributed by atoms with Crippen LogP contribution in [0.3, 0.4) is 0 Å². The van der Waals surface area contributed by atoms with Gasteiger partial charge in [0.25, 0.3) is 0 Å². The van der Waals surface area contributed by atoms with E-state index in [1.54, 1.807) is 45.9 Å². The maximum Gasteiger partial charge on any atom is 0.242 e. The molecule has 0 aliphatic carbocycles. The van der Waals surface area contributed by atoms with E-state index in [4.69, 9.17) is 5.73 Å². The number of para-hydroxylation sites is 1. The van der Waals surface area contributed by atoms with E-state index in [9.17, 15) is 13.2 Å². The summed E-state index contributed by atoms with van der Waals surface area (Å²) in [5.41, 5.74) is 5.01. The van der Waals surface area contributed by atoms with E-state index in [1.165, 1.54) is 6.07 Å². The number of hydrogen-bond acceptors (Lipinski definition) is 4. The van der Waals surface area contributed by atoms with Gasteiger partial charge in [-0.3, -0.25) is 4.79 Å². The van der Waals surface area contributed by atoms with Crippen molar-refractivity contribution in [3.63, 3.8) is 0 Å². The van der Waals surface area contributed by atoms with E-state index in [1.807, 2.05) is 0 Å². The smallest absolute Gasteiger partial charge is 0.242 e. The lowest BCUT2D eigenvalue weighted by molar-refractivity contribution is -0.118. The summed E-state index contributed by atoms with van der Waals surface area (Å²) < 4.78 is 27.2. The fourth-order valence-corrected chi connectivity index (χ4v) is 3.44. The molecule has 0 heterocycles. The molecule has 0 fully saturated rings. The highest BCUT2D eigenvalue weighted by atomic mass is 32.2. The molecule has 21 heavy (non-hydrogen) atoms. The van der Waals surface area contributed by atoms with Crippen LogP contribution in [0, 0.1) is 0 Å². The quantitative estimate of drug-likeness (QED) is 0.709. The summed E-state index contributed by atoms with van der Waals surface area (Å²) in [6.45, 7) is 7.09. The monoisotopic (exact) mass is 313 g/mol. The van der Waals surface area contributed by atoms with Crippen LogP contribution in [-0.4, -0.2) is 25.9 Å². The molecule has 7 heteroatoms. The van der Waals surface area contributed by atoms with Gasteiger partial charge in [0.1, 0.15) is 4.90 Å². The molecule has 0 radical (unpaired) electrons. The maximum atomic E-state index is 12.3. The van der Waals surface area contributed by atoms with Crippen LogP contribution in [0.25, 0.3) is 0 Å². The highest BCUT2D eigenvalue weighted by Crippen LogP contribution is 2.25. The molecular formula is C14H23N3O3S. The Morgan fingerprint density at radius 3 is 2.38 bits per heavy atom. The number of hydrogen-bond donors (Lipinski definition) is 3. The number of rotatable bonds is 7. The van der Waals surface area contributed by atoms with Crippen molar-refractivity contribution in [1.82, 2.24) is 4.72 Å². The minimum atomic E-state index is -3.62. The fourth-order valence-electron chi connectivity index (χ4n) is 2.02. The van der Waals surface area contributed by atoms with Crippen molar-refractivity contribution >= 4 is 21.6 Å². The summed E-state index contributed by atoms with van der Waals surface area (Å²) in [5, 5.41) is 3.08. The Balaban J connectivity index is 3.14. The minimum absolute atomic E-state index is 0.0962. The van der Waals surface area contributed by atoms with E-state index in [-0.39, 0.29) is 17.4 Å². The first kappa shape index (κ1) is 17.5. The van der Waals surface area contributed by atoms with Gasteiger partial charge < -0.3 is 11.1 Å². The molecule has 0 atom stereocenters. The van der Waals surface area contributed by atoms with Gasteiger partial charge >= 0.3 is 0 Å². The molecule has 0 bridgehead atoms. The average molecular weight is 313 g/mol. The number of amides is 1. The number of sulfonamides is 1. The molecule has 0 saturated carbocycles. The Morgan fingerprint density at radius 2 is 1.86 bits per heavy atom. The van der Waals surface area contributed by atoms with Gasteiger partial charge in [0.05, 0.1) is 5.69 Å². The summed E-state index contributed by atoms with van der Waals surface area (Å²) in [6, 6.07) is 6.37. The summed E-state index contributed by atoms with van der Waals surface area (Å²) in [5.74, 6) is -0.451. The Hall–Kier alpha value is -1.60. The molecule has 0 saturated heterocycles. The van der Waals surface area contributed by atoms with E-state index in [2.05, 4.69) is 10.0 Å². The van der Waals surface area contributed by atoms with Crippen molar-refractivity contribution in [3.05, 3.63) is 24.3 Å². The largest absolute Gasteiger partial charge is 0.379 e. The Morgan fingerprint density at radius 1 is 1.29 bits per heavy atom. The summed E-state index contributed by atoms with van der Waals surface area (Å²) in [7, 11) is -3.62. The van der Waals surface area contributed by atoms with Crippen LogP contribution in [0.4, 0.5) is 5.69 Å². The molecule has 0 spiro atoms. The summed E-state index contributed by atoms with van der Waals surface area (Å²) in [4.78, 5) is 11.2. The van der Waals surface area contributed by atoms with E-state index < -0.39 is 21.5 Å². The van der Waals surface area contributed by atoms with Crippen molar-refractivity contribution in [1.29, 1.82) is 0 Å². The van der Waals surface area contributed by atoms with Crippen LogP contribution in [0.1, 0.15) is 34.1 Å². The number of benzene rings is 1. The second-order valence-electron chi connectivity index (χ2n) is 5.92. The van der Waals surface area contributed by atoms with Gasteiger partial charge in [-0.1, -0.05) is 12.1 Å². The zero-order valence-corrected chi connectivity index (χ0v) is 13.6. The molecular weight excluding hydrogens is 290 g/mol. The third-order valence-corrected chi connectivity index (χ3v) is 4.37. The minimum Gasteiger partial charge on any atom is -0.379 e. The van der Waals surface area contributed by atoms with E-state index >= 15 is 0 Å². The number of anilines is 1. The lowest BCUT2D eigenvalue weighted by Crippen LogP contribution is -2.37. The molecule has 0 aromatic heterocycles. The highest BCUT2D eigenvalue weighted by Gasteiger charge is 2.25. The van der Waals surface area contributed by atoms with Gasteiger partial charge in [-0.25, -0.2) is 13.1 Å². The second kappa shape index (κ2) is 6.44. The van der Waals surface area contributed by atoms with Crippen molar-refractivity contribution in [2.24, 2.45) is 5.73 Å². The van der Waals surface area contributed by atoms with Gasteiger partial charge in [-0.15, -0.1) is 0 Å². The molecule has 1 aromatic carbocycles. The molecule has 0 aliphatic heterocycles. The van der Waals surface area contributed by atoms with Gasteiger partial charge in [0, 0.05) is 18.0 Å². The third-order valence-electron chi connectivity index (χ3n) is 2.66. The van der Waals surface area contributed by atoms with E-state index in [0.717, 1.165) is 0 Å². The van der Waals surface area contributed by atoms with Crippen LogP contribution in [0.5, 0.6) is 0 Å². The SMILES string of the molecule is CC(C)NS(=O)(=O)c1ccccc1NC(C)(C)CC(N)=O. The lowest BCUT2D eigenvalue weighted by atomic mass is 10.00. The predicted octanol–water partition coefficient (Wildman–Crippen LogP) is 1.44. The van der Waals surface area contributed by atoms with Gasteiger partial charge in [-0.2, -0.15) is 0 Å². The molecule has 0 unspecified atom stereocenters.